The number of hydrogen-bond donors (Lipinski definition) is 1. The van der Waals surface area contributed by atoms with E-state index in [0.29, 0.717) is 19.5 Å². The second-order valence-corrected chi connectivity index (χ2v) is 5.67. The molecule has 1 aromatic rings. The molecule has 4 nitrogen and oxygen atoms in total. The highest BCUT2D eigenvalue weighted by atomic mass is 16.4. The maximum atomic E-state index is 12.0. The summed E-state index contributed by atoms with van der Waals surface area (Å²) in [5.74, 6) is -0.909. The third-order valence-electron chi connectivity index (χ3n) is 4.11. The highest BCUT2D eigenvalue weighted by Gasteiger charge is 2.36. The number of aliphatic carboxylic acids is 1. The van der Waals surface area contributed by atoms with Gasteiger partial charge < -0.3 is 10.0 Å². The first-order valence-corrected chi connectivity index (χ1v) is 7.03. The van der Waals surface area contributed by atoms with Crippen LogP contribution in [0, 0.1) is 18.8 Å². The first kappa shape index (κ1) is 14.6. The summed E-state index contributed by atoms with van der Waals surface area (Å²) in [6.07, 6.45) is 1.24. The first-order chi connectivity index (χ1) is 9.47. The van der Waals surface area contributed by atoms with Crippen molar-refractivity contribution in [2.24, 2.45) is 11.8 Å². The van der Waals surface area contributed by atoms with Crippen LogP contribution in [0.5, 0.6) is 0 Å². The number of benzene rings is 1. The predicted molar refractivity (Wildman–Crippen MR) is 76.4 cm³/mol. The Balaban J connectivity index is 1.75. The number of carbonyl (C=O) groups excluding carboxylic acids is 1. The number of nitrogens with zero attached hydrogens (tertiary/aromatic N) is 1. The van der Waals surface area contributed by atoms with Crippen LogP contribution >= 0.6 is 0 Å². The maximum absolute atomic E-state index is 12.0. The van der Waals surface area contributed by atoms with Crippen molar-refractivity contribution in [3.63, 3.8) is 0 Å². The Morgan fingerprint density at radius 1 is 1.30 bits per heavy atom. The summed E-state index contributed by atoms with van der Waals surface area (Å²) >= 11 is 0. The Morgan fingerprint density at radius 2 is 1.90 bits per heavy atom. The summed E-state index contributed by atoms with van der Waals surface area (Å²) in [7, 11) is 0. The van der Waals surface area contributed by atoms with Gasteiger partial charge in [0.05, 0.1) is 5.92 Å². The molecule has 0 aliphatic carbocycles. The third kappa shape index (κ3) is 3.38. The van der Waals surface area contributed by atoms with Gasteiger partial charge in [-0.05, 0) is 18.9 Å². The van der Waals surface area contributed by atoms with Crippen molar-refractivity contribution in [2.75, 3.05) is 13.1 Å². The molecule has 1 amide bonds. The molecule has 1 atom stereocenters. The number of rotatable bonds is 5. The van der Waals surface area contributed by atoms with Crippen molar-refractivity contribution in [3.8, 4) is 0 Å². The molecule has 0 bridgehead atoms. The van der Waals surface area contributed by atoms with Crippen LogP contribution in [0.15, 0.2) is 24.3 Å². The minimum Gasteiger partial charge on any atom is -0.481 e. The molecule has 0 spiro atoms. The van der Waals surface area contributed by atoms with Gasteiger partial charge in [-0.15, -0.1) is 0 Å². The fourth-order valence-electron chi connectivity index (χ4n) is 2.40. The van der Waals surface area contributed by atoms with Gasteiger partial charge in [-0.1, -0.05) is 36.8 Å². The minimum atomic E-state index is -0.776. The van der Waals surface area contributed by atoms with Gasteiger partial charge >= 0.3 is 5.97 Å². The van der Waals surface area contributed by atoms with Gasteiger partial charge in [0.15, 0.2) is 0 Å². The summed E-state index contributed by atoms with van der Waals surface area (Å²) in [5, 5.41) is 8.91. The molecule has 4 heteroatoms. The molecule has 1 aliphatic heterocycles. The summed E-state index contributed by atoms with van der Waals surface area (Å²) < 4.78 is 0. The monoisotopic (exact) mass is 275 g/mol. The Kier molecular flexibility index (Phi) is 4.42. The molecular weight excluding hydrogens is 254 g/mol. The zero-order valence-corrected chi connectivity index (χ0v) is 12.0. The van der Waals surface area contributed by atoms with Crippen molar-refractivity contribution in [1.29, 1.82) is 0 Å². The van der Waals surface area contributed by atoms with E-state index in [0.717, 1.165) is 6.42 Å². The molecule has 0 saturated carbocycles. The number of carboxylic acids is 1. The van der Waals surface area contributed by atoms with Crippen LogP contribution in [0.25, 0.3) is 0 Å². The third-order valence-corrected chi connectivity index (χ3v) is 4.11. The molecule has 20 heavy (non-hydrogen) atoms. The quantitative estimate of drug-likeness (QED) is 0.895. The van der Waals surface area contributed by atoms with Crippen LogP contribution in [-0.2, 0) is 16.0 Å². The lowest BCUT2D eigenvalue weighted by Gasteiger charge is -2.41. The smallest absolute Gasteiger partial charge is 0.306 e. The van der Waals surface area contributed by atoms with E-state index in [1.165, 1.54) is 11.1 Å². The zero-order chi connectivity index (χ0) is 14.7. The topological polar surface area (TPSA) is 57.6 Å². The summed E-state index contributed by atoms with van der Waals surface area (Å²) in [6, 6.07) is 8.20. The van der Waals surface area contributed by atoms with Crippen LogP contribution in [0.4, 0.5) is 0 Å². The lowest BCUT2D eigenvalue weighted by Crippen LogP contribution is -2.53. The van der Waals surface area contributed by atoms with Gasteiger partial charge in [0.25, 0.3) is 0 Å². The molecule has 1 N–H and O–H groups in total. The molecule has 1 heterocycles. The van der Waals surface area contributed by atoms with E-state index in [1.54, 1.807) is 11.8 Å². The standard InChI is InChI=1S/C16H21NO3/c1-11-3-5-13(6-4-11)7-8-15(18)17-9-14(10-17)12(2)16(19)20/h3-6,12,14H,7-10H2,1-2H3,(H,19,20). The average molecular weight is 275 g/mol. The molecule has 1 aliphatic rings. The number of likely N-dealkylation sites (tertiary alicyclic amines) is 1. The SMILES string of the molecule is Cc1ccc(CCC(=O)N2CC(C(C)C(=O)O)C2)cc1. The molecule has 0 aromatic heterocycles. The van der Waals surface area contributed by atoms with Gasteiger partial charge in [-0.3, -0.25) is 9.59 Å². The molecule has 1 saturated heterocycles. The lowest BCUT2D eigenvalue weighted by molar-refractivity contribution is -0.150. The largest absolute Gasteiger partial charge is 0.481 e. The van der Waals surface area contributed by atoms with E-state index < -0.39 is 5.97 Å². The summed E-state index contributed by atoms with van der Waals surface area (Å²) in [6.45, 7) is 4.92. The maximum Gasteiger partial charge on any atom is 0.306 e. The Bertz CT molecular complexity index is 489. The number of carboxylic acid groups (broad SMARTS) is 1. The minimum absolute atomic E-state index is 0.107. The van der Waals surface area contributed by atoms with Gasteiger partial charge in [0, 0.05) is 25.4 Å². The van der Waals surface area contributed by atoms with Crippen molar-refractivity contribution >= 4 is 11.9 Å². The molecule has 1 aromatic carbocycles. The van der Waals surface area contributed by atoms with Crippen molar-refractivity contribution < 1.29 is 14.7 Å². The number of amides is 1. The predicted octanol–water partition coefficient (Wildman–Crippen LogP) is 2.11. The molecule has 2 rings (SSSR count). The van der Waals surface area contributed by atoms with Crippen LogP contribution < -0.4 is 0 Å². The number of aryl methyl sites for hydroxylation is 2. The van der Waals surface area contributed by atoms with E-state index >= 15 is 0 Å². The van der Waals surface area contributed by atoms with Gasteiger partial charge in [0.1, 0.15) is 0 Å². The van der Waals surface area contributed by atoms with Crippen molar-refractivity contribution in [2.45, 2.75) is 26.7 Å². The van der Waals surface area contributed by atoms with Crippen LogP contribution in [0.2, 0.25) is 0 Å². The Labute approximate surface area is 119 Å². The van der Waals surface area contributed by atoms with Crippen LogP contribution in [0.3, 0.4) is 0 Å². The molecule has 1 fully saturated rings. The van der Waals surface area contributed by atoms with E-state index in [2.05, 4.69) is 0 Å². The van der Waals surface area contributed by atoms with E-state index in [9.17, 15) is 9.59 Å². The molecule has 108 valence electrons. The van der Waals surface area contributed by atoms with Gasteiger partial charge in [-0.2, -0.15) is 0 Å². The Hall–Kier alpha value is -1.84. The Morgan fingerprint density at radius 3 is 2.45 bits per heavy atom. The van der Waals surface area contributed by atoms with Crippen molar-refractivity contribution in [3.05, 3.63) is 35.4 Å². The normalized spacial score (nSPS) is 16.6. The summed E-state index contributed by atoms with van der Waals surface area (Å²) in [4.78, 5) is 24.6. The fourth-order valence-corrected chi connectivity index (χ4v) is 2.40. The molecule has 1 unspecified atom stereocenters. The number of hydrogen-bond acceptors (Lipinski definition) is 2. The highest BCUT2D eigenvalue weighted by Crippen LogP contribution is 2.24. The fraction of sp³-hybridized carbons (Fsp3) is 0.500. The molecular formula is C16H21NO3. The second kappa shape index (κ2) is 6.07. The number of carbonyl (C=O) groups is 2. The van der Waals surface area contributed by atoms with Gasteiger partial charge in [0.2, 0.25) is 5.91 Å². The molecule has 0 radical (unpaired) electrons. The van der Waals surface area contributed by atoms with Crippen LogP contribution in [-0.4, -0.2) is 35.0 Å². The van der Waals surface area contributed by atoms with E-state index in [1.807, 2.05) is 31.2 Å². The van der Waals surface area contributed by atoms with E-state index in [4.69, 9.17) is 5.11 Å². The lowest BCUT2D eigenvalue weighted by atomic mass is 9.87. The van der Waals surface area contributed by atoms with Crippen molar-refractivity contribution in [1.82, 2.24) is 4.90 Å². The first-order valence-electron chi connectivity index (χ1n) is 7.03. The van der Waals surface area contributed by atoms with E-state index in [-0.39, 0.29) is 17.7 Å². The van der Waals surface area contributed by atoms with Gasteiger partial charge in [-0.25, -0.2) is 0 Å². The summed E-state index contributed by atoms with van der Waals surface area (Å²) in [5.41, 5.74) is 2.38. The van der Waals surface area contributed by atoms with Crippen LogP contribution in [0.1, 0.15) is 24.5 Å². The highest BCUT2D eigenvalue weighted by molar-refractivity contribution is 5.78. The second-order valence-electron chi connectivity index (χ2n) is 5.67. The average Bonchev–Trinajstić information content (AvgIpc) is 2.36. The zero-order valence-electron chi connectivity index (χ0n) is 12.0.